The first-order chi connectivity index (χ1) is 4.35. The molecule has 0 saturated carbocycles. The Labute approximate surface area is 56.6 Å². The topological polar surface area (TPSA) is 26.0 Å². The molecule has 0 unspecified atom stereocenters. The Morgan fingerprint density at radius 3 is 2.67 bits per heavy atom. The zero-order chi connectivity index (χ0) is 7.11. The summed E-state index contributed by atoms with van der Waals surface area (Å²) in [5, 5.41) is 0. The molecule has 0 heterocycles. The zero-order valence-corrected chi connectivity index (χ0v) is 5.80. The van der Waals surface area contributed by atoms with E-state index < -0.39 is 0 Å². The summed E-state index contributed by atoms with van der Waals surface area (Å²) in [6.07, 6.45) is 7.55. The molecule has 0 aliphatic carbocycles. The van der Waals surface area contributed by atoms with E-state index >= 15 is 0 Å². The Morgan fingerprint density at radius 2 is 2.33 bits per heavy atom. The first-order valence-electron chi connectivity index (χ1n) is 2.99. The summed E-state index contributed by atoms with van der Waals surface area (Å²) in [5.74, 6) is 0. The maximum Gasteiger partial charge on any atom is 0.0174 e. The molecule has 2 N–H and O–H groups in total. The van der Waals surface area contributed by atoms with Gasteiger partial charge in [0.2, 0.25) is 0 Å². The van der Waals surface area contributed by atoms with Crippen molar-refractivity contribution in [3.8, 4) is 0 Å². The summed E-state index contributed by atoms with van der Waals surface area (Å²) >= 11 is 0. The lowest BCUT2D eigenvalue weighted by molar-refractivity contribution is 1.18. The number of allylic oxidation sites excluding steroid dienone is 3. The van der Waals surface area contributed by atoms with Crippen LogP contribution in [0.1, 0.15) is 6.92 Å². The minimum atomic E-state index is 0.598. The lowest BCUT2D eigenvalue weighted by atomic mass is 10.2. The third-order valence-corrected chi connectivity index (χ3v) is 1.05. The van der Waals surface area contributed by atoms with Crippen LogP contribution in [0.15, 0.2) is 36.5 Å². The van der Waals surface area contributed by atoms with Crippen LogP contribution >= 0.6 is 0 Å². The number of nitrogens with two attached hydrogens (primary N) is 1. The van der Waals surface area contributed by atoms with E-state index in [0.717, 1.165) is 5.57 Å². The first-order valence-corrected chi connectivity index (χ1v) is 2.99. The van der Waals surface area contributed by atoms with Gasteiger partial charge in [-0.1, -0.05) is 30.9 Å². The number of rotatable bonds is 3. The summed E-state index contributed by atoms with van der Waals surface area (Å²) in [4.78, 5) is 0. The van der Waals surface area contributed by atoms with Crippen molar-refractivity contribution in [2.45, 2.75) is 6.92 Å². The molecule has 0 rings (SSSR count). The van der Waals surface area contributed by atoms with E-state index in [-0.39, 0.29) is 0 Å². The molecule has 0 saturated heterocycles. The Bertz CT molecular complexity index is 132. The molecule has 0 aromatic heterocycles. The van der Waals surface area contributed by atoms with Crippen molar-refractivity contribution < 1.29 is 0 Å². The highest BCUT2D eigenvalue weighted by molar-refractivity contribution is 5.21. The Hall–Kier alpha value is -0.820. The van der Waals surface area contributed by atoms with Crippen LogP contribution in [0.5, 0.6) is 0 Å². The van der Waals surface area contributed by atoms with Gasteiger partial charge >= 0.3 is 0 Å². The average Bonchev–Trinajstić information content (AvgIpc) is 1.91. The molecule has 50 valence electrons. The quantitative estimate of drug-likeness (QED) is 0.567. The normalized spacial score (nSPS) is 12.4. The second kappa shape index (κ2) is 5.32. The highest BCUT2D eigenvalue weighted by Crippen LogP contribution is 1.92. The molecule has 1 nitrogen and oxygen atoms in total. The van der Waals surface area contributed by atoms with Crippen molar-refractivity contribution in [3.05, 3.63) is 36.5 Å². The molecule has 0 atom stereocenters. The van der Waals surface area contributed by atoms with Gasteiger partial charge in [0.1, 0.15) is 0 Å². The summed E-state index contributed by atoms with van der Waals surface area (Å²) < 4.78 is 0. The van der Waals surface area contributed by atoms with Crippen LogP contribution in [0.2, 0.25) is 0 Å². The van der Waals surface area contributed by atoms with Gasteiger partial charge in [-0.2, -0.15) is 0 Å². The van der Waals surface area contributed by atoms with E-state index in [9.17, 15) is 0 Å². The molecule has 0 spiro atoms. The Morgan fingerprint density at radius 1 is 1.67 bits per heavy atom. The summed E-state index contributed by atoms with van der Waals surface area (Å²) in [6.45, 7) is 6.11. The van der Waals surface area contributed by atoms with Gasteiger partial charge in [0.15, 0.2) is 0 Å². The maximum atomic E-state index is 5.37. The molecule has 0 aliphatic rings. The van der Waals surface area contributed by atoms with Crippen molar-refractivity contribution in [3.63, 3.8) is 0 Å². The van der Waals surface area contributed by atoms with E-state index in [1.807, 2.05) is 25.2 Å². The fourth-order valence-corrected chi connectivity index (χ4v) is 0.474. The lowest BCUT2D eigenvalue weighted by Crippen LogP contribution is -1.99. The van der Waals surface area contributed by atoms with E-state index in [4.69, 9.17) is 5.73 Å². The molecule has 0 aromatic rings. The fourth-order valence-electron chi connectivity index (χ4n) is 0.474. The van der Waals surface area contributed by atoms with E-state index in [1.165, 1.54) is 0 Å². The highest BCUT2D eigenvalue weighted by Gasteiger charge is 1.80. The third kappa shape index (κ3) is 3.74. The molecule has 1 heteroatoms. The second-order valence-corrected chi connectivity index (χ2v) is 1.66. The van der Waals surface area contributed by atoms with Gasteiger partial charge in [-0.15, -0.1) is 0 Å². The molecule has 9 heavy (non-hydrogen) atoms. The summed E-state index contributed by atoms with van der Waals surface area (Å²) in [5.41, 5.74) is 6.50. The monoisotopic (exact) mass is 123 g/mol. The van der Waals surface area contributed by atoms with Crippen LogP contribution in [0.25, 0.3) is 0 Å². The van der Waals surface area contributed by atoms with Gasteiger partial charge in [0.05, 0.1) is 0 Å². The van der Waals surface area contributed by atoms with Crippen LogP contribution in [-0.4, -0.2) is 6.54 Å². The highest BCUT2D eigenvalue weighted by atomic mass is 14.5. The predicted octanol–water partition coefficient (Wildman–Crippen LogP) is 1.63. The molecule has 0 amide bonds. The van der Waals surface area contributed by atoms with Gasteiger partial charge in [0, 0.05) is 6.54 Å². The van der Waals surface area contributed by atoms with Gasteiger partial charge < -0.3 is 5.73 Å². The maximum absolute atomic E-state index is 5.37. The van der Waals surface area contributed by atoms with Crippen molar-refractivity contribution >= 4 is 0 Å². The minimum absolute atomic E-state index is 0.598. The molecule has 0 bridgehead atoms. The molecule has 0 fully saturated rings. The largest absolute Gasteiger partial charge is 0.327 e. The van der Waals surface area contributed by atoms with E-state index in [1.54, 1.807) is 6.08 Å². The second-order valence-electron chi connectivity index (χ2n) is 1.66. The zero-order valence-electron chi connectivity index (χ0n) is 5.80. The average molecular weight is 123 g/mol. The molecule has 0 radical (unpaired) electrons. The molecule has 0 aromatic carbocycles. The Balaban J connectivity index is 3.84. The summed E-state index contributed by atoms with van der Waals surface area (Å²) in [6, 6.07) is 0. The van der Waals surface area contributed by atoms with Crippen LogP contribution < -0.4 is 5.73 Å². The number of hydrogen-bond acceptors (Lipinski definition) is 1. The summed E-state index contributed by atoms with van der Waals surface area (Å²) in [7, 11) is 0. The molecule has 0 aliphatic heterocycles. The standard InChI is InChI=1S/C8H13N/c1-3-5-6-8(4-2)7-9/h3-6H,1,7,9H2,2H3. The van der Waals surface area contributed by atoms with Crippen molar-refractivity contribution in [1.29, 1.82) is 0 Å². The van der Waals surface area contributed by atoms with Crippen LogP contribution in [0, 0.1) is 0 Å². The SMILES string of the molecule is C=CC=CC(=CC)CN. The Kier molecular flexibility index (Phi) is 4.83. The predicted molar refractivity (Wildman–Crippen MR) is 42.1 cm³/mol. The number of hydrogen-bond donors (Lipinski definition) is 1. The van der Waals surface area contributed by atoms with Crippen LogP contribution in [0.3, 0.4) is 0 Å². The van der Waals surface area contributed by atoms with Crippen LogP contribution in [-0.2, 0) is 0 Å². The van der Waals surface area contributed by atoms with Crippen LogP contribution in [0.4, 0.5) is 0 Å². The van der Waals surface area contributed by atoms with Crippen molar-refractivity contribution in [2.24, 2.45) is 5.73 Å². The molecular weight excluding hydrogens is 110 g/mol. The minimum Gasteiger partial charge on any atom is -0.327 e. The van der Waals surface area contributed by atoms with Crippen molar-refractivity contribution in [2.75, 3.05) is 6.54 Å². The van der Waals surface area contributed by atoms with E-state index in [2.05, 4.69) is 6.58 Å². The van der Waals surface area contributed by atoms with Gasteiger partial charge in [-0.05, 0) is 12.5 Å². The fraction of sp³-hybridized carbons (Fsp3) is 0.250. The smallest absolute Gasteiger partial charge is 0.0174 e. The van der Waals surface area contributed by atoms with Gasteiger partial charge in [-0.3, -0.25) is 0 Å². The van der Waals surface area contributed by atoms with Crippen molar-refractivity contribution in [1.82, 2.24) is 0 Å². The van der Waals surface area contributed by atoms with Gasteiger partial charge in [-0.25, -0.2) is 0 Å². The van der Waals surface area contributed by atoms with E-state index in [0.29, 0.717) is 6.54 Å². The van der Waals surface area contributed by atoms with Gasteiger partial charge in [0.25, 0.3) is 0 Å². The first kappa shape index (κ1) is 8.18. The lowest BCUT2D eigenvalue weighted by Gasteiger charge is -1.90. The molecular formula is C8H13N. The third-order valence-electron chi connectivity index (χ3n) is 1.05.